The van der Waals surface area contributed by atoms with Gasteiger partial charge in [0.15, 0.2) is 0 Å². The van der Waals surface area contributed by atoms with Crippen LogP contribution in [0.2, 0.25) is 0 Å². The summed E-state index contributed by atoms with van der Waals surface area (Å²) >= 11 is 6.71. The minimum absolute atomic E-state index is 0. The minimum Gasteiger partial charge on any atom is -1.00 e. The molecule has 0 heterocycles. The second kappa shape index (κ2) is 6.62. The maximum absolute atomic E-state index is 4.94. The summed E-state index contributed by atoms with van der Waals surface area (Å²) in [5, 5.41) is 0. The molecule has 0 aromatic heterocycles. The lowest BCUT2D eigenvalue weighted by molar-refractivity contribution is -0.867. The van der Waals surface area contributed by atoms with Crippen LogP contribution in [0.1, 0.15) is 6.92 Å². The van der Waals surface area contributed by atoms with Crippen molar-refractivity contribution in [2.24, 2.45) is 0 Å². The predicted octanol–water partition coefficient (Wildman–Crippen LogP) is -1.22. The van der Waals surface area contributed by atoms with Crippen molar-refractivity contribution in [3.63, 3.8) is 0 Å². The third-order valence-electron chi connectivity index (χ3n) is 1.07. The number of rotatable bonds is 3. The number of halogens is 1. The van der Waals surface area contributed by atoms with Crippen LogP contribution < -0.4 is 24.0 Å². The normalized spacial score (nSPS) is 10.5. The fraction of sp³-hybridized carbons (Fsp3) is 0.857. The summed E-state index contributed by atoms with van der Waals surface area (Å²) in [5.74, 6) is 1.14. The molecule has 1 nitrogen and oxygen atoms in total. The van der Waals surface area contributed by atoms with Crippen LogP contribution in [0.4, 0.5) is 0 Å². The lowest BCUT2D eigenvalue weighted by Gasteiger charge is -2.23. The van der Waals surface area contributed by atoms with Gasteiger partial charge in [0.1, 0.15) is 0 Å². The molecule has 0 fully saturated rings. The average molecular weight is 305 g/mol. The first kappa shape index (κ1) is 14.6. The van der Waals surface area contributed by atoms with Gasteiger partial charge in [-0.3, -0.25) is 0 Å². The van der Waals surface area contributed by atoms with Crippen molar-refractivity contribution in [1.82, 2.24) is 0 Å². The van der Waals surface area contributed by atoms with Crippen LogP contribution in [0.25, 0.3) is 0 Å². The maximum Gasteiger partial charge on any atom is 0.0876 e. The van der Waals surface area contributed by atoms with Gasteiger partial charge in [-0.1, -0.05) is 12.2 Å². The van der Waals surface area contributed by atoms with Crippen LogP contribution in [0.5, 0.6) is 0 Å². The molecule has 0 aliphatic heterocycles. The first-order valence-electron chi connectivity index (χ1n) is 3.35. The van der Waals surface area contributed by atoms with Crippen molar-refractivity contribution in [2.75, 3.05) is 33.4 Å². The van der Waals surface area contributed by atoms with Gasteiger partial charge in [0.2, 0.25) is 0 Å². The van der Waals surface area contributed by atoms with E-state index in [0.29, 0.717) is 0 Å². The summed E-state index contributed by atoms with van der Waals surface area (Å²) in [7, 11) is 6.58. The van der Waals surface area contributed by atoms with Crippen molar-refractivity contribution in [2.45, 2.75) is 6.92 Å². The van der Waals surface area contributed by atoms with Crippen molar-refractivity contribution < 1.29 is 28.5 Å². The number of nitrogens with zero attached hydrogens (tertiary/aromatic N) is 1. The van der Waals surface area contributed by atoms with E-state index >= 15 is 0 Å². The van der Waals surface area contributed by atoms with E-state index in [0.717, 1.165) is 14.4 Å². The molecule has 0 aliphatic carbocycles. The zero-order valence-electron chi connectivity index (χ0n) is 7.56. The molecule has 0 N–H and O–H groups in total. The Hall–Kier alpha value is 1.13. The van der Waals surface area contributed by atoms with Gasteiger partial charge >= 0.3 is 0 Å². The van der Waals surface area contributed by atoms with Crippen molar-refractivity contribution in [3.05, 3.63) is 0 Å². The Bertz CT molecular complexity index is 120. The van der Waals surface area contributed by atoms with Crippen LogP contribution in [0.3, 0.4) is 0 Å². The third kappa shape index (κ3) is 14.0. The van der Waals surface area contributed by atoms with Gasteiger partial charge in [-0.15, -0.1) is 11.8 Å². The van der Waals surface area contributed by atoms with E-state index in [1.807, 2.05) is 6.92 Å². The highest BCUT2D eigenvalue weighted by Crippen LogP contribution is 2.04. The van der Waals surface area contributed by atoms with E-state index in [2.05, 4.69) is 21.1 Å². The van der Waals surface area contributed by atoms with Crippen molar-refractivity contribution in [3.8, 4) is 0 Å². The highest BCUT2D eigenvalue weighted by molar-refractivity contribution is 8.23. The molecule has 0 rings (SSSR count). The number of hydrogen-bond donors (Lipinski definition) is 0. The fourth-order valence-electron chi connectivity index (χ4n) is 0.463. The topological polar surface area (TPSA) is 0 Å². The van der Waals surface area contributed by atoms with E-state index in [-0.39, 0.29) is 24.0 Å². The monoisotopic (exact) mass is 305 g/mol. The van der Waals surface area contributed by atoms with E-state index in [1.165, 1.54) is 6.54 Å². The van der Waals surface area contributed by atoms with E-state index in [1.54, 1.807) is 11.8 Å². The summed E-state index contributed by atoms with van der Waals surface area (Å²) in [6.45, 7) is 3.16. The van der Waals surface area contributed by atoms with Crippen LogP contribution in [-0.4, -0.2) is 42.1 Å². The fourth-order valence-corrected chi connectivity index (χ4v) is 1.64. The first-order valence-corrected chi connectivity index (χ1v) is 4.75. The van der Waals surface area contributed by atoms with Crippen molar-refractivity contribution >= 4 is 28.2 Å². The number of quaternary nitrogens is 1. The third-order valence-corrected chi connectivity index (χ3v) is 2.21. The van der Waals surface area contributed by atoms with Crippen LogP contribution in [-0.2, 0) is 0 Å². The lowest BCUT2D eigenvalue weighted by Crippen LogP contribution is -3.00. The molecule has 0 aliphatic rings. The van der Waals surface area contributed by atoms with Gasteiger partial charge in [-0.25, -0.2) is 0 Å². The van der Waals surface area contributed by atoms with Crippen LogP contribution >= 0.6 is 24.0 Å². The quantitative estimate of drug-likeness (QED) is 0.364. The van der Waals surface area contributed by atoms with Crippen LogP contribution in [0.15, 0.2) is 0 Å². The summed E-state index contributed by atoms with van der Waals surface area (Å²) in [6, 6.07) is 0. The molecule has 0 radical (unpaired) electrons. The smallest absolute Gasteiger partial charge is 0.0876 e. The minimum atomic E-state index is 0. The molecule has 11 heavy (non-hydrogen) atoms. The molecule has 0 unspecified atom stereocenters. The van der Waals surface area contributed by atoms with Gasteiger partial charge in [0.25, 0.3) is 0 Å². The van der Waals surface area contributed by atoms with Gasteiger partial charge in [-0.05, 0) is 6.92 Å². The standard InChI is InChI=1S/C7H16NS2.HI/c1-7(9)10-6-5-8(2,3)4;/h5-6H2,1-4H3;1H/q+1;/p-1. The van der Waals surface area contributed by atoms with Gasteiger partial charge < -0.3 is 28.5 Å². The summed E-state index contributed by atoms with van der Waals surface area (Å²) in [6.07, 6.45) is 0. The molecule has 4 heteroatoms. The first-order chi connectivity index (χ1) is 4.42. The Morgan fingerprint density at radius 3 is 2.09 bits per heavy atom. The highest BCUT2D eigenvalue weighted by atomic mass is 127. The predicted molar refractivity (Wildman–Crippen MR) is 53.6 cm³/mol. The highest BCUT2D eigenvalue weighted by Gasteiger charge is 2.05. The second-order valence-corrected chi connectivity index (χ2v) is 5.53. The Kier molecular flexibility index (Phi) is 8.82. The molecule has 68 valence electrons. The maximum atomic E-state index is 4.94. The number of thiocarbonyl (C=S) groups is 1. The SMILES string of the molecule is CC(=S)SCC[N+](C)(C)C.[I-]. The molecule has 0 aromatic carbocycles. The number of thioether (sulfide) groups is 1. The number of hydrogen-bond acceptors (Lipinski definition) is 2. The van der Waals surface area contributed by atoms with Gasteiger partial charge in [0, 0.05) is 9.95 Å². The Labute approximate surface area is 96.5 Å². The molecule has 0 bridgehead atoms. The largest absolute Gasteiger partial charge is 1.00 e. The van der Waals surface area contributed by atoms with Gasteiger partial charge in [-0.2, -0.15) is 0 Å². The zero-order valence-corrected chi connectivity index (χ0v) is 11.3. The second-order valence-electron chi connectivity index (χ2n) is 3.35. The summed E-state index contributed by atoms with van der Waals surface area (Å²) in [4.78, 5) is 0. The molecule has 0 spiro atoms. The molecule has 0 amide bonds. The molecular weight excluding hydrogens is 289 g/mol. The van der Waals surface area contributed by atoms with Crippen molar-refractivity contribution in [1.29, 1.82) is 0 Å². The van der Waals surface area contributed by atoms with E-state index in [4.69, 9.17) is 12.2 Å². The molecule has 0 atom stereocenters. The zero-order chi connectivity index (χ0) is 8.20. The molecule has 0 saturated carbocycles. The molecular formula is C7H16INS2. The Balaban J connectivity index is 0. The molecule has 0 aromatic rings. The van der Waals surface area contributed by atoms with E-state index < -0.39 is 0 Å². The van der Waals surface area contributed by atoms with Crippen LogP contribution in [0, 0.1) is 0 Å². The van der Waals surface area contributed by atoms with Gasteiger partial charge in [0.05, 0.1) is 27.7 Å². The Morgan fingerprint density at radius 2 is 1.82 bits per heavy atom. The van der Waals surface area contributed by atoms with E-state index in [9.17, 15) is 0 Å². The lowest BCUT2D eigenvalue weighted by atomic mass is 10.6. The molecule has 0 saturated heterocycles. The summed E-state index contributed by atoms with van der Waals surface area (Å²) in [5.41, 5.74) is 0. The summed E-state index contributed by atoms with van der Waals surface area (Å²) < 4.78 is 2.07. The average Bonchev–Trinajstić information content (AvgIpc) is 1.59. The Morgan fingerprint density at radius 1 is 1.36 bits per heavy atom.